The zero-order chi connectivity index (χ0) is 14.5. The highest BCUT2D eigenvalue weighted by atomic mass is 19.4. The van der Waals surface area contributed by atoms with Crippen molar-refractivity contribution in [2.75, 3.05) is 13.1 Å². The van der Waals surface area contributed by atoms with Crippen molar-refractivity contribution in [3.63, 3.8) is 0 Å². The van der Waals surface area contributed by atoms with E-state index in [9.17, 15) is 18.0 Å². The van der Waals surface area contributed by atoms with E-state index in [1.807, 2.05) is 13.8 Å². The predicted molar refractivity (Wildman–Crippen MR) is 67.8 cm³/mol. The lowest BCUT2D eigenvalue weighted by Gasteiger charge is -2.32. The molecule has 1 heterocycles. The molecular formula is C13H23F3N2O. The molecule has 0 aromatic rings. The minimum Gasteiger partial charge on any atom is -0.331 e. The summed E-state index contributed by atoms with van der Waals surface area (Å²) in [5.74, 6) is -0.384. The highest BCUT2D eigenvalue weighted by Crippen LogP contribution is 2.22. The Bertz CT molecular complexity index is 284. The first-order valence-corrected chi connectivity index (χ1v) is 6.97. The van der Waals surface area contributed by atoms with Crippen molar-refractivity contribution in [3.8, 4) is 0 Å². The van der Waals surface area contributed by atoms with Gasteiger partial charge in [0.15, 0.2) is 0 Å². The zero-order valence-electron chi connectivity index (χ0n) is 11.6. The molecule has 0 bridgehead atoms. The van der Waals surface area contributed by atoms with Crippen LogP contribution in [0.5, 0.6) is 0 Å². The van der Waals surface area contributed by atoms with Gasteiger partial charge in [-0.15, -0.1) is 0 Å². The molecular weight excluding hydrogens is 257 g/mol. The largest absolute Gasteiger partial charge is 0.406 e. The topological polar surface area (TPSA) is 32.3 Å². The maximum Gasteiger partial charge on any atom is 0.406 e. The molecule has 1 aliphatic rings. The minimum atomic E-state index is -4.33. The van der Waals surface area contributed by atoms with Crippen molar-refractivity contribution in [2.24, 2.45) is 0 Å². The first-order valence-electron chi connectivity index (χ1n) is 6.97. The van der Waals surface area contributed by atoms with Gasteiger partial charge in [0.2, 0.25) is 5.91 Å². The molecule has 1 atom stereocenters. The molecule has 19 heavy (non-hydrogen) atoms. The minimum absolute atomic E-state index is 0.0394. The number of carbonyl (C=O) groups is 1. The number of carbonyl (C=O) groups excluding carboxylic acids is 1. The van der Waals surface area contributed by atoms with Crippen LogP contribution in [0.2, 0.25) is 0 Å². The fraction of sp³-hybridized carbons (Fsp3) is 0.923. The van der Waals surface area contributed by atoms with Gasteiger partial charge in [-0.3, -0.25) is 4.79 Å². The second kappa shape index (κ2) is 7.12. The summed E-state index contributed by atoms with van der Waals surface area (Å²) in [4.78, 5) is 13.1. The summed E-state index contributed by atoms with van der Waals surface area (Å²) in [5, 5.41) is 3.15. The summed E-state index contributed by atoms with van der Waals surface area (Å²) >= 11 is 0. The average molecular weight is 280 g/mol. The molecule has 0 aromatic heterocycles. The van der Waals surface area contributed by atoms with Crippen LogP contribution in [0.1, 0.15) is 46.0 Å². The summed E-state index contributed by atoms with van der Waals surface area (Å²) < 4.78 is 37.8. The number of hydrogen-bond acceptors (Lipinski definition) is 2. The Hall–Kier alpha value is -0.780. The van der Waals surface area contributed by atoms with Gasteiger partial charge in [-0.25, -0.2) is 0 Å². The molecule has 0 spiro atoms. The summed E-state index contributed by atoms with van der Waals surface area (Å²) in [6.07, 6.45) is -1.20. The zero-order valence-corrected chi connectivity index (χ0v) is 11.6. The Morgan fingerprint density at radius 3 is 2.42 bits per heavy atom. The van der Waals surface area contributed by atoms with Gasteiger partial charge in [-0.05, 0) is 32.2 Å². The Labute approximate surface area is 112 Å². The lowest BCUT2D eigenvalue weighted by molar-refractivity contribution is -0.166. The maximum absolute atomic E-state index is 12.6. The lowest BCUT2D eigenvalue weighted by Crippen LogP contribution is -2.46. The van der Waals surface area contributed by atoms with E-state index in [0.29, 0.717) is 12.8 Å². The summed E-state index contributed by atoms with van der Waals surface area (Å²) in [7, 11) is 0. The van der Waals surface area contributed by atoms with Crippen molar-refractivity contribution in [1.29, 1.82) is 0 Å². The molecule has 1 N–H and O–H groups in total. The van der Waals surface area contributed by atoms with E-state index >= 15 is 0 Å². The number of nitrogens with one attached hydrogen (secondary N) is 1. The quantitative estimate of drug-likeness (QED) is 0.811. The lowest BCUT2D eigenvalue weighted by atomic mass is 10.1. The third-order valence-electron chi connectivity index (χ3n) is 3.64. The van der Waals surface area contributed by atoms with Gasteiger partial charge in [-0.2, -0.15) is 13.2 Å². The first kappa shape index (κ1) is 16.3. The van der Waals surface area contributed by atoms with Crippen molar-refractivity contribution < 1.29 is 18.0 Å². The van der Waals surface area contributed by atoms with E-state index in [4.69, 9.17) is 0 Å². The molecule has 3 nitrogen and oxygen atoms in total. The van der Waals surface area contributed by atoms with Crippen LogP contribution in [0.15, 0.2) is 0 Å². The molecule has 1 aliphatic heterocycles. The van der Waals surface area contributed by atoms with Crippen LogP contribution in [0, 0.1) is 0 Å². The average Bonchev–Trinajstić information content (AvgIpc) is 2.80. The Kier molecular flexibility index (Phi) is 6.10. The van der Waals surface area contributed by atoms with Gasteiger partial charge in [0.1, 0.15) is 6.54 Å². The van der Waals surface area contributed by atoms with Crippen LogP contribution in [-0.2, 0) is 4.79 Å². The third kappa shape index (κ3) is 5.38. The van der Waals surface area contributed by atoms with Crippen molar-refractivity contribution in [3.05, 3.63) is 0 Å². The smallest absolute Gasteiger partial charge is 0.331 e. The summed E-state index contributed by atoms with van der Waals surface area (Å²) in [5.41, 5.74) is 0. The Morgan fingerprint density at radius 2 is 2.00 bits per heavy atom. The first-order chi connectivity index (χ1) is 8.87. The van der Waals surface area contributed by atoms with Crippen molar-refractivity contribution in [2.45, 2.75) is 64.2 Å². The van der Waals surface area contributed by atoms with E-state index in [-0.39, 0.29) is 24.4 Å². The molecule has 6 heteroatoms. The third-order valence-corrected chi connectivity index (χ3v) is 3.64. The maximum atomic E-state index is 12.6. The summed E-state index contributed by atoms with van der Waals surface area (Å²) in [6, 6.07) is -0.284. The van der Waals surface area contributed by atoms with Crippen LogP contribution in [0.4, 0.5) is 13.2 Å². The molecule has 0 aromatic carbocycles. The van der Waals surface area contributed by atoms with Crippen LogP contribution >= 0.6 is 0 Å². The van der Waals surface area contributed by atoms with Crippen molar-refractivity contribution in [1.82, 2.24) is 10.2 Å². The Balaban J connectivity index is 2.67. The van der Waals surface area contributed by atoms with Gasteiger partial charge < -0.3 is 10.2 Å². The second-order valence-electron chi connectivity index (χ2n) is 5.10. The number of amides is 1. The van der Waals surface area contributed by atoms with Gasteiger partial charge in [0, 0.05) is 18.5 Å². The van der Waals surface area contributed by atoms with Crippen LogP contribution in [-0.4, -0.2) is 42.2 Å². The highest BCUT2D eigenvalue weighted by Gasteiger charge is 2.36. The Morgan fingerprint density at radius 1 is 1.37 bits per heavy atom. The molecule has 1 rings (SSSR count). The number of hydrogen-bond donors (Lipinski definition) is 1. The van der Waals surface area contributed by atoms with Gasteiger partial charge >= 0.3 is 6.18 Å². The molecule has 0 saturated carbocycles. The van der Waals surface area contributed by atoms with Crippen LogP contribution in [0.3, 0.4) is 0 Å². The van der Waals surface area contributed by atoms with E-state index in [1.54, 1.807) is 0 Å². The number of halogens is 3. The molecule has 112 valence electrons. The summed E-state index contributed by atoms with van der Waals surface area (Å²) in [6.45, 7) is 3.35. The monoisotopic (exact) mass is 280 g/mol. The molecule has 1 unspecified atom stereocenters. The van der Waals surface area contributed by atoms with Crippen molar-refractivity contribution >= 4 is 5.91 Å². The van der Waals surface area contributed by atoms with E-state index in [2.05, 4.69) is 5.32 Å². The van der Waals surface area contributed by atoms with Crippen LogP contribution < -0.4 is 5.32 Å². The standard InChI is InChI=1S/C13H23F3N2O/c1-3-11(4-2)18(9-13(14,15)16)12(19)8-10-6-5-7-17-10/h10-11,17H,3-9H2,1-2H3. The molecule has 1 saturated heterocycles. The fourth-order valence-electron chi connectivity index (χ4n) is 2.60. The number of rotatable bonds is 6. The second-order valence-corrected chi connectivity index (χ2v) is 5.10. The molecule has 0 aliphatic carbocycles. The van der Waals surface area contributed by atoms with E-state index in [0.717, 1.165) is 24.3 Å². The van der Waals surface area contributed by atoms with Crippen LogP contribution in [0.25, 0.3) is 0 Å². The molecule has 0 radical (unpaired) electrons. The number of nitrogens with zero attached hydrogens (tertiary/aromatic N) is 1. The van der Waals surface area contributed by atoms with E-state index in [1.165, 1.54) is 0 Å². The van der Waals surface area contributed by atoms with E-state index < -0.39 is 12.7 Å². The predicted octanol–water partition coefficient (Wildman–Crippen LogP) is 2.71. The van der Waals surface area contributed by atoms with Gasteiger partial charge in [0.05, 0.1) is 0 Å². The molecule has 1 fully saturated rings. The molecule has 1 amide bonds. The fourth-order valence-corrected chi connectivity index (χ4v) is 2.60. The normalized spacial score (nSPS) is 20.0. The SMILES string of the molecule is CCC(CC)N(CC(F)(F)F)C(=O)CC1CCCN1. The van der Waals surface area contributed by atoms with Gasteiger partial charge in [0.25, 0.3) is 0 Å². The highest BCUT2D eigenvalue weighted by molar-refractivity contribution is 5.77. The number of alkyl halides is 3. The van der Waals surface area contributed by atoms with Gasteiger partial charge in [-0.1, -0.05) is 13.8 Å².